The highest BCUT2D eigenvalue weighted by molar-refractivity contribution is 7.89. The van der Waals surface area contributed by atoms with Gasteiger partial charge in [-0.3, -0.25) is 9.89 Å². The quantitative estimate of drug-likeness (QED) is 0.819. The summed E-state index contributed by atoms with van der Waals surface area (Å²) in [6.07, 6.45) is 4.23. The maximum absolute atomic E-state index is 12.6. The maximum Gasteiger partial charge on any atom is 0.276 e. The van der Waals surface area contributed by atoms with Gasteiger partial charge in [0, 0.05) is 12.6 Å². The van der Waals surface area contributed by atoms with Gasteiger partial charge in [-0.05, 0) is 38.5 Å². The predicted molar refractivity (Wildman–Crippen MR) is 71.5 cm³/mol. The van der Waals surface area contributed by atoms with Crippen LogP contribution in [0.3, 0.4) is 0 Å². The highest BCUT2D eigenvalue weighted by atomic mass is 32.2. The van der Waals surface area contributed by atoms with Gasteiger partial charge < -0.3 is 4.90 Å². The number of primary sulfonamides is 1. The van der Waals surface area contributed by atoms with Gasteiger partial charge in [0.05, 0.1) is 5.69 Å². The lowest BCUT2D eigenvalue weighted by Crippen LogP contribution is -2.36. The van der Waals surface area contributed by atoms with E-state index in [0.717, 1.165) is 25.7 Å². The average Bonchev–Trinajstić information content (AvgIpc) is 3.23. The van der Waals surface area contributed by atoms with Crippen molar-refractivity contribution in [1.82, 2.24) is 15.1 Å². The second-order valence-corrected chi connectivity index (χ2v) is 7.20. The van der Waals surface area contributed by atoms with Crippen LogP contribution in [0.1, 0.15) is 41.9 Å². The normalized spacial score (nSPS) is 19.1. The Morgan fingerprint density at radius 2 is 2.05 bits per heavy atom. The Morgan fingerprint density at radius 3 is 2.55 bits per heavy atom. The lowest BCUT2D eigenvalue weighted by molar-refractivity contribution is 0.0725. The maximum atomic E-state index is 12.6. The molecule has 2 aliphatic rings. The summed E-state index contributed by atoms with van der Waals surface area (Å²) in [7, 11) is -3.96. The second-order valence-electron chi connectivity index (χ2n) is 5.70. The summed E-state index contributed by atoms with van der Waals surface area (Å²) in [6, 6.07) is 0.230. The van der Waals surface area contributed by atoms with Crippen LogP contribution in [0.4, 0.5) is 0 Å². The molecule has 0 aromatic carbocycles. The molecule has 2 saturated carbocycles. The number of nitrogens with two attached hydrogens (primary N) is 1. The summed E-state index contributed by atoms with van der Waals surface area (Å²) in [5.74, 6) is 0.227. The van der Waals surface area contributed by atoms with Gasteiger partial charge in [0.1, 0.15) is 4.90 Å². The molecule has 7 nitrogen and oxygen atoms in total. The highest BCUT2D eigenvalue weighted by Gasteiger charge is 2.39. The Kier molecular flexibility index (Phi) is 3.09. The number of rotatable bonds is 5. The molecule has 20 heavy (non-hydrogen) atoms. The molecule has 1 amide bonds. The van der Waals surface area contributed by atoms with E-state index in [2.05, 4.69) is 10.2 Å². The summed E-state index contributed by atoms with van der Waals surface area (Å²) < 4.78 is 23.3. The monoisotopic (exact) mass is 298 g/mol. The molecule has 2 fully saturated rings. The van der Waals surface area contributed by atoms with Crippen LogP contribution in [-0.2, 0) is 10.0 Å². The van der Waals surface area contributed by atoms with Crippen LogP contribution in [0.5, 0.6) is 0 Å². The SMILES string of the molecule is Cc1[nH]nc(C(=O)N(CC2CC2)C2CC2)c1S(N)(=O)=O. The van der Waals surface area contributed by atoms with Gasteiger partial charge in [0.15, 0.2) is 5.69 Å². The molecule has 0 radical (unpaired) electrons. The van der Waals surface area contributed by atoms with Crippen molar-refractivity contribution < 1.29 is 13.2 Å². The van der Waals surface area contributed by atoms with E-state index in [1.54, 1.807) is 11.8 Å². The van der Waals surface area contributed by atoms with Crippen molar-refractivity contribution >= 4 is 15.9 Å². The van der Waals surface area contributed by atoms with Gasteiger partial charge in [-0.15, -0.1) is 0 Å². The molecule has 3 rings (SSSR count). The van der Waals surface area contributed by atoms with Gasteiger partial charge in [-0.1, -0.05) is 0 Å². The third-order valence-corrected chi connectivity index (χ3v) is 4.85. The Labute approximate surface area is 117 Å². The van der Waals surface area contributed by atoms with E-state index in [1.807, 2.05) is 0 Å². The van der Waals surface area contributed by atoms with Gasteiger partial charge >= 0.3 is 0 Å². The molecule has 0 atom stereocenters. The van der Waals surface area contributed by atoms with Crippen LogP contribution >= 0.6 is 0 Å². The molecule has 1 aromatic rings. The zero-order chi connectivity index (χ0) is 14.5. The standard InChI is InChI=1S/C12H18N4O3S/c1-7-11(20(13,18)19)10(15-14-7)12(17)16(9-4-5-9)6-8-2-3-8/h8-9H,2-6H2,1H3,(H,14,15)(H2,13,18,19). The highest BCUT2D eigenvalue weighted by Crippen LogP contribution is 2.36. The number of nitrogens with zero attached hydrogens (tertiary/aromatic N) is 2. The van der Waals surface area contributed by atoms with Crippen molar-refractivity contribution in [1.29, 1.82) is 0 Å². The number of hydrogen-bond donors (Lipinski definition) is 2. The average molecular weight is 298 g/mol. The first-order valence-electron chi connectivity index (χ1n) is 6.76. The zero-order valence-electron chi connectivity index (χ0n) is 11.3. The molecule has 2 aliphatic carbocycles. The third kappa shape index (κ3) is 2.57. The van der Waals surface area contributed by atoms with Crippen molar-refractivity contribution in [2.75, 3.05) is 6.54 Å². The smallest absolute Gasteiger partial charge is 0.276 e. The van der Waals surface area contributed by atoms with Crippen LogP contribution < -0.4 is 5.14 Å². The minimum Gasteiger partial charge on any atom is -0.334 e. The predicted octanol–water partition coefficient (Wildman–Crippen LogP) is 0.380. The van der Waals surface area contributed by atoms with Crippen LogP contribution in [0.15, 0.2) is 4.90 Å². The number of aryl methyl sites for hydroxylation is 1. The number of nitrogens with one attached hydrogen (secondary N) is 1. The van der Waals surface area contributed by atoms with Crippen molar-refractivity contribution in [3.05, 3.63) is 11.4 Å². The minimum atomic E-state index is -3.96. The molecule has 0 aliphatic heterocycles. The Morgan fingerprint density at radius 1 is 1.40 bits per heavy atom. The van der Waals surface area contributed by atoms with Gasteiger partial charge in [0.2, 0.25) is 10.0 Å². The molecular weight excluding hydrogens is 280 g/mol. The number of aromatic nitrogens is 2. The van der Waals surface area contributed by atoms with Crippen LogP contribution in [0.25, 0.3) is 0 Å². The Hall–Kier alpha value is -1.41. The number of carbonyl (C=O) groups excluding carboxylic acids is 1. The minimum absolute atomic E-state index is 0.0717. The number of carbonyl (C=O) groups is 1. The van der Waals surface area contributed by atoms with E-state index >= 15 is 0 Å². The molecule has 110 valence electrons. The number of sulfonamides is 1. The first kappa shape index (κ1) is 13.6. The molecule has 0 spiro atoms. The fourth-order valence-corrected chi connectivity index (χ4v) is 3.29. The third-order valence-electron chi connectivity index (χ3n) is 3.78. The second kappa shape index (κ2) is 4.56. The summed E-state index contributed by atoms with van der Waals surface area (Å²) >= 11 is 0. The number of H-pyrrole nitrogens is 1. The molecular formula is C12H18N4O3S. The first-order valence-corrected chi connectivity index (χ1v) is 8.31. The fourth-order valence-electron chi connectivity index (χ4n) is 2.41. The molecule has 0 unspecified atom stereocenters. The number of aromatic amines is 1. The van der Waals surface area contributed by atoms with Crippen molar-refractivity contribution in [3.8, 4) is 0 Å². The zero-order valence-corrected chi connectivity index (χ0v) is 12.1. The van der Waals surface area contributed by atoms with Crippen molar-refractivity contribution in [2.24, 2.45) is 11.1 Å². The van der Waals surface area contributed by atoms with E-state index in [4.69, 9.17) is 5.14 Å². The summed E-state index contributed by atoms with van der Waals surface area (Å²) in [4.78, 5) is 14.2. The molecule has 3 N–H and O–H groups in total. The topological polar surface area (TPSA) is 109 Å². The van der Waals surface area contributed by atoms with E-state index in [9.17, 15) is 13.2 Å². The van der Waals surface area contributed by atoms with Gasteiger partial charge in [0.25, 0.3) is 5.91 Å². The Balaban J connectivity index is 1.92. The molecule has 0 bridgehead atoms. The molecule has 8 heteroatoms. The fraction of sp³-hybridized carbons (Fsp3) is 0.667. The van der Waals surface area contributed by atoms with E-state index in [-0.39, 0.29) is 22.5 Å². The molecule has 1 heterocycles. The van der Waals surface area contributed by atoms with Crippen molar-refractivity contribution in [3.63, 3.8) is 0 Å². The van der Waals surface area contributed by atoms with Gasteiger partial charge in [-0.25, -0.2) is 13.6 Å². The lowest BCUT2D eigenvalue weighted by atomic mass is 10.3. The summed E-state index contributed by atoms with van der Waals surface area (Å²) in [5, 5.41) is 11.6. The first-order chi connectivity index (χ1) is 9.38. The molecule has 0 saturated heterocycles. The van der Waals surface area contributed by atoms with Crippen LogP contribution in [0.2, 0.25) is 0 Å². The van der Waals surface area contributed by atoms with Crippen LogP contribution in [-0.4, -0.2) is 42.0 Å². The summed E-state index contributed by atoms with van der Waals surface area (Å²) in [5.41, 5.74) is 0.232. The molecule has 1 aromatic heterocycles. The Bertz CT molecular complexity index is 644. The van der Waals surface area contributed by atoms with E-state index in [1.165, 1.54) is 0 Å². The summed E-state index contributed by atoms with van der Waals surface area (Å²) in [6.45, 7) is 2.24. The van der Waals surface area contributed by atoms with Crippen LogP contribution in [0, 0.1) is 12.8 Å². The van der Waals surface area contributed by atoms with E-state index < -0.39 is 10.0 Å². The van der Waals surface area contributed by atoms with Crippen molar-refractivity contribution in [2.45, 2.75) is 43.5 Å². The largest absolute Gasteiger partial charge is 0.334 e. The number of amides is 1. The number of hydrogen-bond acceptors (Lipinski definition) is 4. The van der Waals surface area contributed by atoms with Gasteiger partial charge in [-0.2, -0.15) is 5.10 Å². The lowest BCUT2D eigenvalue weighted by Gasteiger charge is -2.21. The van der Waals surface area contributed by atoms with E-state index in [0.29, 0.717) is 18.2 Å².